The molecule has 0 bridgehead atoms. The molecule has 2 saturated heterocycles. The van der Waals surface area contributed by atoms with Crippen LogP contribution in [0.3, 0.4) is 0 Å². The molecule has 0 amide bonds. The second-order valence-corrected chi connectivity index (χ2v) is 9.63. The molecule has 1 aliphatic carbocycles. The minimum atomic E-state index is -0.697. The maximum atomic E-state index is 6.57. The second kappa shape index (κ2) is 8.70. The molecule has 0 aromatic carbocycles. The van der Waals surface area contributed by atoms with Gasteiger partial charge in [-0.1, -0.05) is 6.08 Å². The number of ether oxygens (including phenoxy) is 3. The Labute approximate surface area is 190 Å². The summed E-state index contributed by atoms with van der Waals surface area (Å²) in [5.41, 5.74) is 6.50. The summed E-state index contributed by atoms with van der Waals surface area (Å²) in [5, 5.41) is 0. The maximum absolute atomic E-state index is 6.57. The van der Waals surface area contributed by atoms with Gasteiger partial charge in [0.2, 0.25) is 0 Å². The van der Waals surface area contributed by atoms with Crippen molar-refractivity contribution in [1.29, 1.82) is 0 Å². The van der Waals surface area contributed by atoms with Crippen LogP contribution >= 0.6 is 0 Å². The van der Waals surface area contributed by atoms with Gasteiger partial charge in [-0.15, -0.1) is 6.58 Å². The van der Waals surface area contributed by atoms with Crippen molar-refractivity contribution in [2.75, 3.05) is 13.6 Å². The van der Waals surface area contributed by atoms with E-state index in [1.54, 1.807) is 13.4 Å². The van der Waals surface area contributed by atoms with Crippen molar-refractivity contribution >= 4 is 18.4 Å². The summed E-state index contributed by atoms with van der Waals surface area (Å²) >= 11 is 0. The lowest BCUT2D eigenvalue weighted by Crippen LogP contribution is -2.52. The molecule has 0 unspecified atom stereocenters. The Hall–Kier alpha value is -2.07. The third-order valence-electron chi connectivity index (χ3n) is 6.81. The zero-order valence-electron chi connectivity index (χ0n) is 19.8. The Balaban J connectivity index is 1.60. The zero-order chi connectivity index (χ0) is 23.2. The van der Waals surface area contributed by atoms with Crippen molar-refractivity contribution in [3.05, 3.63) is 24.7 Å². The van der Waals surface area contributed by atoms with Crippen LogP contribution in [0, 0.1) is 5.92 Å². The van der Waals surface area contributed by atoms with Crippen molar-refractivity contribution < 1.29 is 14.2 Å². The van der Waals surface area contributed by atoms with Gasteiger partial charge in [0, 0.05) is 25.7 Å². The average Bonchev–Trinajstić information content (AvgIpc) is 3.36. The largest absolute Gasteiger partial charge is 0.382 e. The summed E-state index contributed by atoms with van der Waals surface area (Å²) in [5.74, 6) is 0.721. The van der Waals surface area contributed by atoms with Gasteiger partial charge in [-0.25, -0.2) is 9.98 Å². The molecule has 9 nitrogen and oxygen atoms in total. The van der Waals surface area contributed by atoms with E-state index in [0.717, 1.165) is 19.4 Å². The fourth-order valence-corrected chi connectivity index (χ4v) is 5.10. The highest BCUT2D eigenvalue weighted by Crippen LogP contribution is 2.45. The quantitative estimate of drug-likeness (QED) is 0.376. The van der Waals surface area contributed by atoms with Crippen LogP contribution in [-0.4, -0.2) is 76.8 Å². The number of hydrogen-bond acceptors (Lipinski definition) is 7. The van der Waals surface area contributed by atoms with Crippen molar-refractivity contribution in [3.8, 4) is 0 Å². The predicted octanol–water partition coefficient (Wildman–Crippen LogP) is 2.64. The van der Waals surface area contributed by atoms with E-state index in [1.165, 1.54) is 0 Å². The van der Waals surface area contributed by atoms with Crippen LogP contribution in [0.4, 0.5) is 5.82 Å². The summed E-state index contributed by atoms with van der Waals surface area (Å²) < 4.78 is 21.0. The molecule has 3 heterocycles. The summed E-state index contributed by atoms with van der Waals surface area (Å²) in [6.45, 7) is 16.8. The highest BCUT2D eigenvalue weighted by molar-refractivity contribution is 5.99. The van der Waals surface area contributed by atoms with Crippen LogP contribution < -0.4 is 5.73 Å². The third kappa shape index (κ3) is 4.03. The lowest BCUT2D eigenvalue weighted by Gasteiger charge is -2.45. The van der Waals surface area contributed by atoms with Gasteiger partial charge in [0.15, 0.2) is 17.8 Å². The van der Waals surface area contributed by atoms with Crippen molar-refractivity contribution in [2.45, 2.75) is 82.9 Å². The van der Waals surface area contributed by atoms with E-state index in [2.05, 4.69) is 53.1 Å². The smallest absolute Gasteiger partial charge is 0.166 e. The SMILES string of the molecule is C=C[C@H]1C[C@@H](N(C[C@H]2O[C@@H](n3cnc(/C(N)=N\C)c3N=C)[C@@H]3OC(C)(C)O[C@@H]32)C(C)C)C1. The number of fused-ring (bicyclic) bond motifs is 1. The first-order valence-electron chi connectivity index (χ1n) is 11.3. The first-order valence-corrected chi connectivity index (χ1v) is 11.3. The van der Waals surface area contributed by atoms with Gasteiger partial charge in [-0.2, -0.15) is 0 Å². The Kier molecular flexibility index (Phi) is 6.28. The monoisotopic (exact) mass is 444 g/mol. The number of nitrogens with two attached hydrogens (primary N) is 1. The minimum absolute atomic E-state index is 0.155. The van der Waals surface area contributed by atoms with Gasteiger partial charge in [0.05, 0.1) is 6.33 Å². The van der Waals surface area contributed by atoms with E-state index in [9.17, 15) is 0 Å². The van der Waals surface area contributed by atoms with Gasteiger partial charge in [-0.3, -0.25) is 14.5 Å². The normalized spacial score (nSPS) is 34.0. The van der Waals surface area contributed by atoms with Gasteiger partial charge in [-0.05, 0) is 53.2 Å². The van der Waals surface area contributed by atoms with Gasteiger partial charge >= 0.3 is 0 Å². The number of imidazole rings is 1. The van der Waals surface area contributed by atoms with Crippen LogP contribution in [0.1, 0.15) is 52.5 Å². The second-order valence-electron chi connectivity index (χ2n) is 9.63. The van der Waals surface area contributed by atoms with Crippen LogP contribution in [0.15, 0.2) is 29.0 Å². The summed E-state index contributed by atoms with van der Waals surface area (Å²) in [4.78, 5) is 15.1. The highest BCUT2D eigenvalue weighted by Gasteiger charge is 2.57. The molecule has 0 radical (unpaired) electrons. The van der Waals surface area contributed by atoms with E-state index in [4.69, 9.17) is 19.9 Å². The first kappa shape index (κ1) is 23.1. The van der Waals surface area contributed by atoms with Crippen molar-refractivity contribution in [1.82, 2.24) is 14.5 Å². The van der Waals surface area contributed by atoms with E-state index in [0.29, 0.717) is 35.3 Å². The number of hydrogen-bond donors (Lipinski definition) is 1. The van der Waals surface area contributed by atoms with E-state index < -0.39 is 12.0 Å². The molecule has 1 aromatic heterocycles. The Bertz CT molecular complexity index is 888. The molecule has 3 fully saturated rings. The Morgan fingerprint density at radius 3 is 2.66 bits per heavy atom. The summed E-state index contributed by atoms with van der Waals surface area (Å²) in [6.07, 6.45) is 4.90. The number of rotatable bonds is 8. The average molecular weight is 445 g/mol. The molecule has 3 aliphatic rings. The molecule has 1 saturated carbocycles. The van der Waals surface area contributed by atoms with Crippen molar-refractivity contribution in [3.63, 3.8) is 0 Å². The van der Waals surface area contributed by atoms with Gasteiger partial charge < -0.3 is 19.9 Å². The molecule has 4 rings (SSSR count). The Morgan fingerprint density at radius 2 is 2.06 bits per heavy atom. The lowest BCUT2D eigenvalue weighted by molar-refractivity contribution is -0.199. The topological polar surface area (TPSA) is 99.5 Å². The fourth-order valence-electron chi connectivity index (χ4n) is 5.10. The van der Waals surface area contributed by atoms with Crippen LogP contribution in [0.2, 0.25) is 0 Å². The molecular formula is C23H36N6O3. The fraction of sp³-hybridized carbons (Fsp3) is 0.696. The van der Waals surface area contributed by atoms with Gasteiger partial charge in [0.25, 0.3) is 0 Å². The van der Waals surface area contributed by atoms with Gasteiger partial charge in [0.1, 0.15) is 29.8 Å². The molecule has 4 atom stereocenters. The highest BCUT2D eigenvalue weighted by atomic mass is 16.8. The Morgan fingerprint density at radius 1 is 1.38 bits per heavy atom. The molecule has 1 aromatic rings. The van der Waals surface area contributed by atoms with Crippen LogP contribution in [0.5, 0.6) is 0 Å². The molecule has 9 heteroatoms. The summed E-state index contributed by atoms with van der Waals surface area (Å²) in [7, 11) is 1.62. The predicted molar refractivity (Wildman–Crippen MR) is 124 cm³/mol. The number of aromatic nitrogens is 2. The minimum Gasteiger partial charge on any atom is -0.382 e. The molecule has 176 valence electrons. The molecule has 0 spiro atoms. The van der Waals surface area contributed by atoms with Crippen LogP contribution in [-0.2, 0) is 14.2 Å². The molecule has 2 N–H and O–H groups in total. The standard InChI is InChI=1S/C23H36N6O3/c1-8-14-9-15(10-14)28(13(2)3)11-16-18-19(32-23(4,5)31-18)22(30-16)29-12-27-17(20(24)25-6)21(29)26-7/h8,12-16,18-19,22H,1,7,9-11H2,2-6H3,(H2,24,25)/t14-,15+,16-,18-,19-,22-/m1/s1. The lowest BCUT2D eigenvalue weighted by atomic mass is 9.79. The molecule has 32 heavy (non-hydrogen) atoms. The maximum Gasteiger partial charge on any atom is 0.166 e. The van der Waals surface area contributed by atoms with E-state index >= 15 is 0 Å². The number of aliphatic imine (C=N–C) groups is 2. The van der Waals surface area contributed by atoms with E-state index in [-0.39, 0.29) is 18.3 Å². The molecule has 2 aliphatic heterocycles. The number of allylic oxidation sites excluding steroid dienone is 1. The summed E-state index contributed by atoms with van der Waals surface area (Å²) in [6, 6.07) is 0.924. The molecular weight excluding hydrogens is 408 g/mol. The van der Waals surface area contributed by atoms with Crippen LogP contribution in [0.25, 0.3) is 0 Å². The third-order valence-corrected chi connectivity index (χ3v) is 6.81. The first-order chi connectivity index (χ1) is 15.2. The number of amidine groups is 1. The van der Waals surface area contributed by atoms with Crippen molar-refractivity contribution in [2.24, 2.45) is 21.6 Å². The number of nitrogens with zero attached hydrogens (tertiary/aromatic N) is 5. The van der Waals surface area contributed by atoms with E-state index in [1.807, 2.05) is 18.4 Å². The zero-order valence-corrected chi connectivity index (χ0v) is 19.8.